The number of nitrogens with one attached hydrogen (secondary N) is 2. The molecule has 2 aromatic rings. The number of hydrogen-bond donors (Lipinski definition) is 2. The summed E-state index contributed by atoms with van der Waals surface area (Å²) in [4.78, 5) is 16.0. The number of urea groups is 1. The number of aromatic nitrogens is 2. The van der Waals surface area contributed by atoms with Crippen molar-refractivity contribution in [1.82, 2.24) is 25.3 Å². The molecule has 7 heteroatoms. The zero-order chi connectivity index (χ0) is 16.9. The second kappa shape index (κ2) is 7.81. The Morgan fingerprint density at radius 2 is 2.33 bits per heavy atom. The van der Waals surface area contributed by atoms with Crippen LogP contribution < -0.4 is 10.6 Å². The van der Waals surface area contributed by atoms with Crippen molar-refractivity contribution >= 4 is 17.4 Å². The van der Waals surface area contributed by atoms with E-state index in [1.54, 1.807) is 6.20 Å². The Bertz CT molecular complexity index is 654. The first-order valence-electron chi connectivity index (χ1n) is 8.43. The number of carbonyl (C=O) groups is 1. The van der Waals surface area contributed by atoms with Crippen LogP contribution in [0.3, 0.4) is 0 Å². The van der Waals surface area contributed by atoms with Gasteiger partial charge in [0.1, 0.15) is 0 Å². The van der Waals surface area contributed by atoms with E-state index < -0.39 is 0 Å². The monoisotopic (exact) mass is 347 g/mol. The summed E-state index contributed by atoms with van der Waals surface area (Å²) < 4.78 is 1.82. The topological polar surface area (TPSA) is 62.2 Å². The molecular formula is C17H25N5OS. The van der Waals surface area contributed by atoms with E-state index in [-0.39, 0.29) is 12.1 Å². The van der Waals surface area contributed by atoms with Crippen molar-refractivity contribution in [1.29, 1.82) is 0 Å². The maximum absolute atomic E-state index is 12.1. The summed E-state index contributed by atoms with van der Waals surface area (Å²) in [5, 5.41) is 12.3. The highest BCUT2D eigenvalue weighted by Gasteiger charge is 2.21. The van der Waals surface area contributed by atoms with Crippen LogP contribution >= 0.6 is 11.3 Å². The number of nitrogens with zero attached hydrogens (tertiary/aromatic N) is 3. The first-order chi connectivity index (χ1) is 11.6. The Labute approximate surface area is 146 Å². The number of thiophene rings is 1. The van der Waals surface area contributed by atoms with Gasteiger partial charge in [0.25, 0.3) is 0 Å². The van der Waals surface area contributed by atoms with Crippen LogP contribution in [-0.2, 0) is 19.5 Å². The molecule has 0 bridgehead atoms. The molecule has 0 fully saturated rings. The summed E-state index contributed by atoms with van der Waals surface area (Å²) in [6.45, 7) is 7.52. The number of carbonyl (C=O) groups excluding carboxylic acids is 1. The van der Waals surface area contributed by atoms with Gasteiger partial charge in [0.15, 0.2) is 0 Å². The average molecular weight is 347 g/mol. The largest absolute Gasteiger partial charge is 0.337 e. The summed E-state index contributed by atoms with van der Waals surface area (Å²) >= 11 is 1.85. The highest BCUT2D eigenvalue weighted by atomic mass is 32.1. The van der Waals surface area contributed by atoms with Crippen molar-refractivity contribution in [3.8, 4) is 0 Å². The second-order valence-corrected chi connectivity index (χ2v) is 7.42. The molecule has 0 spiro atoms. The molecule has 0 aromatic carbocycles. The fourth-order valence-corrected chi connectivity index (χ4v) is 3.92. The lowest BCUT2D eigenvalue weighted by atomic mass is 10.1. The van der Waals surface area contributed by atoms with Crippen molar-refractivity contribution < 1.29 is 4.79 Å². The zero-order valence-corrected chi connectivity index (χ0v) is 15.1. The normalized spacial score (nSPS) is 17.1. The van der Waals surface area contributed by atoms with E-state index in [0.717, 1.165) is 19.5 Å². The van der Waals surface area contributed by atoms with Gasteiger partial charge in [-0.25, -0.2) is 4.79 Å². The van der Waals surface area contributed by atoms with Gasteiger partial charge in [0.2, 0.25) is 0 Å². The Kier molecular flexibility index (Phi) is 5.52. The molecule has 1 aliphatic heterocycles. The van der Waals surface area contributed by atoms with Crippen LogP contribution in [0, 0.1) is 0 Å². The van der Waals surface area contributed by atoms with Crippen molar-refractivity contribution in [3.05, 3.63) is 40.3 Å². The molecule has 0 saturated heterocycles. The van der Waals surface area contributed by atoms with Gasteiger partial charge in [0, 0.05) is 49.0 Å². The molecule has 2 N–H and O–H groups in total. The lowest BCUT2D eigenvalue weighted by Gasteiger charge is -2.32. The molecule has 3 rings (SSSR count). The van der Waals surface area contributed by atoms with E-state index in [1.807, 2.05) is 35.2 Å². The van der Waals surface area contributed by atoms with Gasteiger partial charge >= 0.3 is 6.03 Å². The predicted molar refractivity (Wildman–Crippen MR) is 96.1 cm³/mol. The molecule has 2 aromatic heterocycles. The van der Waals surface area contributed by atoms with Gasteiger partial charge in [-0.15, -0.1) is 11.3 Å². The average Bonchev–Trinajstić information content (AvgIpc) is 3.22. The minimum atomic E-state index is -0.116. The van der Waals surface area contributed by atoms with E-state index in [1.165, 1.54) is 10.4 Å². The molecule has 0 radical (unpaired) electrons. The van der Waals surface area contributed by atoms with Crippen molar-refractivity contribution in [2.45, 2.75) is 45.4 Å². The van der Waals surface area contributed by atoms with Crippen LogP contribution in [0.15, 0.2) is 29.9 Å². The van der Waals surface area contributed by atoms with Gasteiger partial charge in [-0.1, -0.05) is 0 Å². The number of amides is 2. The van der Waals surface area contributed by atoms with Crippen LogP contribution in [0.2, 0.25) is 0 Å². The molecule has 3 heterocycles. The molecule has 2 amide bonds. The third-order valence-corrected chi connectivity index (χ3v) is 5.44. The molecule has 0 saturated carbocycles. The van der Waals surface area contributed by atoms with Crippen LogP contribution in [0.5, 0.6) is 0 Å². The molecular weight excluding hydrogens is 322 g/mol. The summed E-state index contributed by atoms with van der Waals surface area (Å²) in [5.74, 6) is 0. The smallest absolute Gasteiger partial charge is 0.315 e. The zero-order valence-electron chi connectivity index (χ0n) is 14.2. The van der Waals surface area contributed by atoms with Crippen molar-refractivity contribution in [3.63, 3.8) is 0 Å². The highest BCUT2D eigenvalue weighted by Crippen LogP contribution is 2.24. The quantitative estimate of drug-likeness (QED) is 0.841. The maximum Gasteiger partial charge on any atom is 0.315 e. The van der Waals surface area contributed by atoms with Gasteiger partial charge < -0.3 is 10.6 Å². The summed E-state index contributed by atoms with van der Waals surface area (Å²) in [7, 11) is 0. The lowest BCUT2D eigenvalue weighted by Crippen LogP contribution is -2.48. The third kappa shape index (κ3) is 4.36. The van der Waals surface area contributed by atoms with E-state index in [2.05, 4.69) is 39.0 Å². The second-order valence-electron chi connectivity index (χ2n) is 6.42. The fraction of sp³-hybridized carbons (Fsp3) is 0.529. The fourth-order valence-electron chi connectivity index (χ4n) is 3.03. The van der Waals surface area contributed by atoms with Crippen LogP contribution in [0.25, 0.3) is 0 Å². The van der Waals surface area contributed by atoms with Gasteiger partial charge in [-0.3, -0.25) is 9.58 Å². The van der Waals surface area contributed by atoms with E-state index in [9.17, 15) is 4.79 Å². The molecule has 0 unspecified atom stereocenters. The molecule has 6 nitrogen and oxygen atoms in total. The number of hydrogen-bond acceptors (Lipinski definition) is 4. The van der Waals surface area contributed by atoms with Gasteiger partial charge in [-0.05, 0) is 43.3 Å². The number of fused-ring (bicyclic) bond motifs is 1. The SMILES string of the molecule is C[C@H](Cn1cccn1)NC(=O)NC[C@@H](C)N1CCc2sccc2C1. The Hall–Kier alpha value is -1.86. The molecule has 2 atom stereocenters. The Morgan fingerprint density at radius 1 is 1.46 bits per heavy atom. The minimum absolute atomic E-state index is 0.0311. The van der Waals surface area contributed by atoms with Crippen molar-refractivity contribution in [2.75, 3.05) is 13.1 Å². The third-order valence-electron chi connectivity index (χ3n) is 4.42. The molecule has 24 heavy (non-hydrogen) atoms. The maximum atomic E-state index is 12.1. The molecule has 1 aliphatic rings. The molecule has 0 aliphatic carbocycles. The Balaban J connectivity index is 1.39. The summed E-state index contributed by atoms with van der Waals surface area (Å²) in [5.41, 5.74) is 1.44. The minimum Gasteiger partial charge on any atom is -0.337 e. The lowest BCUT2D eigenvalue weighted by molar-refractivity contribution is 0.185. The highest BCUT2D eigenvalue weighted by molar-refractivity contribution is 7.10. The summed E-state index contributed by atoms with van der Waals surface area (Å²) in [6.07, 6.45) is 4.75. The van der Waals surface area contributed by atoms with Crippen LogP contribution in [0.4, 0.5) is 4.79 Å². The van der Waals surface area contributed by atoms with Crippen LogP contribution in [-0.4, -0.2) is 45.9 Å². The van der Waals surface area contributed by atoms with Gasteiger partial charge in [0.05, 0.1) is 6.54 Å². The standard InChI is InChI=1S/C17H25N5OS/c1-13(11-22-7-3-6-19-22)20-17(23)18-10-14(2)21-8-4-16-15(12-21)5-9-24-16/h3,5-7,9,13-14H,4,8,10-12H2,1-2H3,(H2,18,20,23)/t13-,14-/m1/s1. The Morgan fingerprint density at radius 3 is 3.12 bits per heavy atom. The number of rotatable bonds is 6. The van der Waals surface area contributed by atoms with E-state index in [0.29, 0.717) is 19.1 Å². The van der Waals surface area contributed by atoms with Crippen molar-refractivity contribution in [2.24, 2.45) is 0 Å². The molecule has 130 valence electrons. The van der Waals surface area contributed by atoms with E-state index >= 15 is 0 Å². The summed E-state index contributed by atoms with van der Waals surface area (Å²) in [6, 6.07) is 4.34. The first kappa shape index (κ1) is 17.0. The van der Waals surface area contributed by atoms with Crippen LogP contribution in [0.1, 0.15) is 24.3 Å². The van der Waals surface area contributed by atoms with Gasteiger partial charge in [-0.2, -0.15) is 5.10 Å². The first-order valence-corrected chi connectivity index (χ1v) is 9.31. The van der Waals surface area contributed by atoms with E-state index in [4.69, 9.17) is 0 Å². The predicted octanol–water partition coefficient (Wildman–Crippen LogP) is 2.08.